The Balaban J connectivity index is 2.87. The Morgan fingerprint density at radius 1 is 1.10 bits per heavy atom. The molecule has 0 saturated heterocycles. The van der Waals surface area contributed by atoms with E-state index in [0.29, 0.717) is 29.5 Å². The lowest BCUT2D eigenvalue weighted by Gasteiger charge is -2.15. The first-order chi connectivity index (χ1) is 9.97. The number of hydrogen-bond donors (Lipinski definition) is 0. The fourth-order valence-corrected chi connectivity index (χ4v) is 3.16. The van der Waals surface area contributed by atoms with Gasteiger partial charge in [-0.2, -0.15) is 0 Å². The van der Waals surface area contributed by atoms with Gasteiger partial charge < -0.3 is 14.2 Å². The smallest absolute Gasteiger partial charge is 0.203 e. The van der Waals surface area contributed by atoms with Crippen molar-refractivity contribution in [1.82, 2.24) is 0 Å². The molecule has 0 radical (unpaired) electrons. The molecule has 0 heterocycles. The van der Waals surface area contributed by atoms with Crippen LogP contribution >= 0.6 is 11.6 Å². The summed E-state index contributed by atoms with van der Waals surface area (Å²) in [7, 11) is -0.0667. The third kappa shape index (κ3) is 5.28. The molecule has 0 aliphatic heterocycles. The minimum Gasteiger partial charge on any atom is -0.493 e. The summed E-state index contributed by atoms with van der Waals surface area (Å²) >= 11 is 5.80. The zero-order valence-electron chi connectivity index (χ0n) is 12.5. The molecule has 1 rings (SSSR count). The van der Waals surface area contributed by atoms with Crippen LogP contribution in [0.5, 0.6) is 17.2 Å². The summed E-state index contributed by atoms with van der Waals surface area (Å²) < 4.78 is 39.4. The van der Waals surface area contributed by atoms with E-state index in [4.69, 9.17) is 25.8 Å². The second kappa shape index (κ2) is 8.34. The molecule has 0 aliphatic rings. The van der Waals surface area contributed by atoms with Gasteiger partial charge in [-0.05, 0) is 24.1 Å². The van der Waals surface area contributed by atoms with Gasteiger partial charge in [0.05, 0.1) is 25.7 Å². The van der Waals surface area contributed by atoms with Gasteiger partial charge in [0.25, 0.3) is 0 Å². The molecular formula is C14H21ClO5S. The van der Waals surface area contributed by atoms with Crippen molar-refractivity contribution < 1.29 is 22.6 Å². The van der Waals surface area contributed by atoms with Gasteiger partial charge in [0.1, 0.15) is 6.61 Å². The molecule has 1 aromatic carbocycles. The van der Waals surface area contributed by atoms with E-state index in [-0.39, 0.29) is 18.1 Å². The van der Waals surface area contributed by atoms with Crippen molar-refractivity contribution >= 4 is 21.4 Å². The molecule has 0 N–H and O–H groups in total. The minimum atomic E-state index is -3.08. The van der Waals surface area contributed by atoms with Gasteiger partial charge in [-0.25, -0.2) is 8.42 Å². The number of rotatable bonds is 9. The zero-order chi connectivity index (χ0) is 15.9. The van der Waals surface area contributed by atoms with E-state index < -0.39 is 9.84 Å². The normalized spacial score (nSPS) is 11.2. The molecule has 7 heteroatoms. The van der Waals surface area contributed by atoms with Crippen LogP contribution in [0.1, 0.15) is 18.9 Å². The first-order valence-corrected chi connectivity index (χ1v) is 8.97. The van der Waals surface area contributed by atoms with Gasteiger partial charge in [0.15, 0.2) is 21.3 Å². The second-order valence-electron chi connectivity index (χ2n) is 4.46. The third-order valence-corrected chi connectivity index (χ3v) is 4.96. The van der Waals surface area contributed by atoms with E-state index >= 15 is 0 Å². The molecule has 1 aromatic rings. The SMILES string of the molecule is CCCS(=O)(=O)CCOc1c(OC)cc(CCl)cc1OC. The maximum Gasteiger partial charge on any atom is 0.203 e. The van der Waals surface area contributed by atoms with E-state index in [9.17, 15) is 8.42 Å². The molecule has 0 aliphatic carbocycles. The molecular weight excluding hydrogens is 316 g/mol. The Morgan fingerprint density at radius 3 is 2.10 bits per heavy atom. The Bertz CT molecular complexity index is 531. The maximum atomic E-state index is 11.7. The fourth-order valence-electron chi connectivity index (χ4n) is 1.84. The Kier molecular flexibility index (Phi) is 7.11. The number of benzene rings is 1. The number of ether oxygens (including phenoxy) is 3. The summed E-state index contributed by atoms with van der Waals surface area (Å²) in [6.45, 7) is 1.88. The predicted octanol–water partition coefficient (Wildman–Crippen LogP) is 2.65. The van der Waals surface area contributed by atoms with Crippen LogP contribution in [-0.4, -0.2) is 40.7 Å². The highest BCUT2D eigenvalue weighted by Crippen LogP contribution is 2.38. The summed E-state index contributed by atoms with van der Waals surface area (Å²) in [6.07, 6.45) is 0.597. The molecule has 0 unspecified atom stereocenters. The van der Waals surface area contributed by atoms with Gasteiger partial charge in [-0.1, -0.05) is 6.92 Å². The van der Waals surface area contributed by atoms with E-state index in [0.717, 1.165) is 5.56 Å². The molecule has 120 valence electrons. The Hall–Kier alpha value is -1.14. The zero-order valence-corrected chi connectivity index (χ0v) is 14.1. The van der Waals surface area contributed by atoms with Crippen molar-refractivity contribution in [1.29, 1.82) is 0 Å². The number of hydrogen-bond acceptors (Lipinski definition) is 5. The van der Waals surface area contributed by atoms with E-state index in [1.165, 1.54) is 14.2 Å². The average molecular weight is 337 g/mol. The van der Waals surface area contributed by atoms with Crippen molar-refractivity contribution in [2.75, 3.05) is 32.3 Å². The quantitative estimate of drug-likeness (QED) is 0.649. The average Bonchev–Trinajstić information content (AvgIpc) is 2.46. The minimum absolute atomic E-state index is 0.0373. The molecule has 0 bridgehead atoms. The molecule has 0 fully saturated rings. The van der Waals surface area contributed by atoms with E-state index in [1.54, 1.807) is 12.1 Å². The van der Waals surface area contributed by atoms with Crippen LogP contribution in [0.2, 0.25) is 0 Å². The van der Waals surface area contributed by atoms with Crippen molar-refractivity contribution in [3.8, 4) is 17.2 Å². The van der Waals surface area contributed by atoms with Gasteiger partial charge in [-0.3, -0.25) is 0 Å². The summed E-state index contributed by atoms with van der Waals surface area (Å²) in [5.74, 6) is 1.77. The van der Waals surface area contributed by atoms with Crippen LogP contribution in [0, 0.1) is 0 Å². The van der Waals surface area contributed by atoms with Crippen LogP contribution in [0.3, 0.4) is 0 Å². The number of alkyl halides is 1. The van der Waals surface area contributed by atoms with Gasteiger partial charge >= 0.3 is 0 Å². The molecule has 0 aromatic heterocycles. The van der Waals surface area contributed by atoms with Crippen molar-refractivity contribution in [2.24, 2.45) is 0 Å². The van der Waals surface area contributed by atoms with Crippen molar-refractivity contribution in [3.05, 3.63) is 17.7 Å². The van der Waals surface area contributed by atoms with Gasteiger partial charge in [0.2, 0.25) is 5.75 Å². The lowest BCUT2D eigenvalue weighted by molar-refractivity contribution is 0.288. The first kappa shape index (κ1) is 17.9. The molecule has 5 nitrogen and oxygen atoms in total. The van der Waals surface area contributed by atoms with Crippen LogP contribution in [0.4, 0.5) is 0 Å². The van der Waals surface area contributed by atoms with Gasteiger partial charge in [-0.15, -0.1) is 11.6 Å². The number of methoxy groups -OCH3 is 2. The third-order valence-electron chi connectivity index (χ3n) is 2.83. The Labute approximate surface area is 131 Å². The largest absolute Gasteiger partial charge is 0.493 e. The number of sulfone groups is 1. The summed E-state index contributed by atoms with van der Waals surface area (Å²) in [6, 6.07) is 3.48. The molecule has 0 saturated carbocycles. The monoisotopic (exact) mass is 336 g/mol. The van der Waals surface area contributed by atoms with Gasteiger partial charge in [0, 0.05) is 5.88 Å². The maximum absolute atomic E-state index is 11.7. The predicted molar refractivity (Wildman–Crippen MR) is 83.5 cm³/mol. The van der Waals surface area contributed by atoms with Crippen LogP contribution in [0.15, 0.2) is 12.1 Å². The number of halogens is 1. The van der Waals surface area contributed by atoms with E-state index in [1.807, 2.05) is 6.92 Å². The fraction of sp³-hybridized carbons (Fsp3) is 0.571. The summed E-state index contributed by atoms with van der Waals surface area (Å²) in [4.78, 5) is 0. The van der Waals surface area contributed by atoms with Crippen LogP contribution in [0.25, 0.3) is 0 Å². The lowest BCUT2D eigenvalue weighted by Crippen LogP contribution is -2.17. The first-order valence-electron chi connectivity index (χ1n) is 6.61. The highest BCUT2D eigenvalue weighted by Gasteiger charge is 2.16. The van der Waals surface area contributed by atoms with E-state index in [2.05, 4.69) is 0 Å². The molecule has 0 spiro atoms. The Morgan fingerprint density at radius 2 is 1.67 bits per heavy atom. The van der Waals surface area contributed by atoms with Crippen molar-refractivity contribution in [3.63, 3.8) is 0 Å². The molecule has 0 atom stereocenters. The van der Waals surface area contributed by atoms with Crippen molar-refractivity contribution in [2.45, 2.75) is 19.2 Å². The molecule has 21 heavy (non-hydrogen) atoms. The molecule has 0 amide bonds. The standard InChI is InChI=1S/C14H21ClO5S/c1-4-6-21(16,17)7-5-20-14-12(18-2)8-11(10-15)9-13(14)19-3/h8-9H,4-7,10H2,1-3H3. The summed E-state index contributed by atoms with van der Waals surface area (Å²) in [5, 5.41) is 0. The highest BCUT2D eigenvalue weighted by atomic mass is 35.5. The van der Waals surface area contributed by atoms with Crippen LogP contribution in [-0.2, 0) is 15.7 Å². The lowest BCUT2D eigenvalue weighted by atomic mass is 10.2. The van der Waals surface area contributed by atoms with Crippen LogP contribution < -0.4 is 14.2 Å². The second-order valence-corrected chi connectivity index (χ2v) is 7.03. The summed E-state index contributed by atoms with van der Waals surface area (Å²) in [5.41, 5.74) is 0.830. The topological polar surface area (TPSA) is 61.8 Å². The highest BCUT2D eigenvalue weighted by molar-refractivity contribution is 7.91.